The summed E-state index contributed by atoms with van der Waals surface area (Å²) in [5, 5.41) is 6.80. The normalized spacial score (nSPS) is 10.7. The summed E-state index contributed by atoms with van der Waals surface area (Å²) in [6, 6.07) is 37.2. The minimum Gasteiger partial charge on any atom is -0.356 e. The Labute approximate surface area is 166 Å². The molecule has 0 aliphatic rings. The molecule has 0 bridgehead atoms. The van der Waals surface area contributed by atoms with Crippen molar-refractivity contribution >= 4 is 34.9 Å². The quantitative estimate of drug-likeness (QED) is 0.350. The van der Waals surface area contributed by atoms with Crippen LogP contribution in [0.25, 0.3) is 12.2 Å². The van der Waals surface area contributed by atoms with Crippen LogP contribution < -0.4 is 10.6 Å². The Morgan fingerprint density at radius 3 is 1.04 bits per heavy atom. The molecule has 2 heteroatoms. The van der Waals surface area contributed by atoms with Crippen molar-refractivity contribution in [3.05, 3.63) is 120 Å². The van der Waals surface area contributed by atoms with E-state index in [1.165, 1.54) is 11.1 Å². The monoisotopic (exact) mass is 362 g/mol. The van der Waals surface area contributed by atoms with Crippen LogP contribution in [0.1, 0.15) is 11.1 Å². The fourth-order valence-corrected chi connectivity index (χ4v) is 2.92. The lowest BCUT2D eigenvalue weighted by atomic mass is 10.1. The number of rotatable bonds is 6. The fraction of sp³-hybridized carbons (Fsp3) is 0. The largest absolute Gasteiger partial charge is 0.356 e. The number of hydrogen-bond acceptors (Lipinski definition) is 2. The average molecular weight is 362 g/mol. The third-order valence-corrected chi connectivity index (χ3v) is 4.41. The van der Waals surface area contributed by atoms with Crippen molar-refractivity contribution in [3.63, 3.8) is 0 Å². The minimum absolute atomic E-state index is 1.08. The van der Waals surface area contributed by atoms with Crippen molar-refractivity contribution in [3.8, 4) is 0 Å². The van der Waals surface area contributed by atoms with Gasteiger partial charge in [0, 0.05) is 22.7 Å². The van der Waals surface area contributed by atoms with E-state index >= 15 is 0 Å². The molecule has 2 N–H and O–H groups in total. The molecule has 0 aromatic heterocycles. The summed E-state index contributed by atoms with van der Waals surface area (Å²) in [6.45, 7) is 0. The van der Waals surface area contributed by atoms with E-state index in [-0.39, 0.29) is 0 Å². The van der Waals surface area contributed by atoms with Crippen molar-refractivity contribution in [2.75, 3.05) is 10.6 Å². The highest BCUT2D eigenvalue weighted by atomic mass is 14.9. The molecule has 0 aliphatic carbocycles. The predicted molar refractivity (Wildman–Crippen MR) is 121 cm³/mol. The molecule has 4 aromatic carbocycles. The highest BCUT2D eigenvalue weighted by molar-refractivity contribution is 5.72. The topological polar surface area (TPSA) is 24.1 Å². The van der Waals surface area contributed by atoms with E-state index in [1.54, 1.807) is 0 Å². The van der Waals surface area contributed by atoms with Gasteiger partial charge in [0.15, 0.2) is 0 Å². The lowest BCUT2D eigenvalue weighted by Crippen LogP contribution is -1.89. The van der Waals surface area contributed by atoms with Gasteiger partial charge < -0.3 is 10.6 Å². The van der Waals surface area contributed by atoms with Crippen LogP contribution in [-0.2, 0) is 0 Å². The molecule has 2 nitrogen and oxygen atoms in total. The van der Waals surface area contributed by atoms with E-state index in [4.69, 9.17) is 0 Å². The van der Waals surface area contributed by atoms with Crippen molar-refractivity contribution in [1.82, 2.24) is 0 Å². The summed E-state index contributed by atoms with van der Waals surface area (Å²) in [6.07, 6.45) is 4.26. The zero-order chi connectivity index (χ0) is 19.0. The van der Waals surface area contributed by atoms with Gasteiger partial charge in [-0.25, -0.2) is 0 Å². The van der Waals surface area contributed by atoms with E-state index in [2.05, 4.69) is 95.6 Å². The van der Waals surface area contributed by atoms with Gasteiger partial charge in [0.1, 0.15) is 0 Å². The van der Waals surface area contributed by atoms with Crippen LogP contribution in [0.15, 0.2) is 109 Å². The Kier molecular flexibility index (Phi) is 5.50. The molecule has 0 atom stereocenters. The number of para-hydroxylation sites is 2. The van der Waals surface area contributed by atoms with Gasteiger partial charge in [-0.15, -0.1) is 0 Å². The molecule has 136 valence electrons. The molecule has 4 rings (SSSR count). The standard InChI is InChI=1S/C26H22N2/c1-3-7-23(8-4-1)27-25-17-13-21(14-18-25)11-12-22-15-19-26(20-16-22)28-24-9-5-2-6-10-24/h1-20,27-28H. The first-order valence-electron chi connectivity index (χ1n) is 9.37. The first kappa shape index (κ1) is 17.6. The van der Waals surface area contributed by atoms with Gasteiger partial charge in [0.2, 0.25) is 0 Å². The average Bonchev–Trinajstić information content (AvgIpc) is 2.76. The SMILES string of the molecule is C(=Cc1ccc(Nc2ccccc2)cc1)c1ccc(Nc2ccccc2)cc1. The van der Waals surface area contributed by atoms with Gasteiger partial charge in [-0.2, -0.15) is 0 Å². The van der Waals surface area contributed by atoms with Gasteiger partial charge in [-0.05, 0) is 59.7 Å². The molecule has 0 spiro atoms. The summed E-state index contributed by atoms with van der Waals surface area (Å²) < 4.78 is 0. The van der Waals surface area contributed by atoms with Crippen LogP contribution in [0.4, 0.5) is 22.7 Å². The first-order chi connectivity index (χ1) is 13.8. The highest BCUT2D eigenvalue weighted by Gasteiger charge is 1.96. The summed E-state index contributed by atoms with van der Waals surface area (Å²) in [5.74, 6) is 0. The maximum atomic E-state index is 3.40. The zero-order valence-electron chi connectivity index (χ0n) is 15.5. The van der Waals surface area contributed by atoms with Gasteiger partial charge in [-0.1, -0.05) is 72.8 Å². The van der Waals surface area contributed by atoms with Gasteiger partial charge in [0.05, 0.1) is 0 Å². The molecular formula is C26H22N2. The smallest absolute Gasteiger partial charge is 0.0384 e. The third-order valence-electron chi connectivity index (χ3n) is 4.41. The zero-order valence-corrected chi connectivity index (χ0v) is 15.5. The number of nitrogens with one attached hydrogen (secondary N) is 2. The van der Waals surface area contributed by atoms with Crippen LogP contribution in [0, 0.1) is 0 Å². The number of anilines is 4. The van der Waals surface area contributed by atoms with Crippen LogP contribution in [0.5, 0.6) is 0 Å². The maximum Gasteiger partial charge on any atom is 0.0384 e. The predicted octanol–water partition coefficient (Wildman–Crippen LogP) is 7.34. The van der Waals surface area contributed by atoms with Crippen LogP contribution >= 0.6 is 0 Å². The van der Waals surface area contributed by atoms with Crippen LogP contribution in [0.3, 0.4) is 0 Å². The Hall–Kier alpha value is -3.78. The van der Waals surface area contributed by atoms with E-state index in [0.29, 0.717) is 0 Å². The van der Waals surface area contributed by atoms with Gasteiger partial charge >= 0.3 is 0 Å². The molecule has 0 radical (unpaired) electrons. The summed E-state index contributed by atoms with van der Waals surface area (Å²) >= 11 is 0. The van der Waals surface area contributed by atoms with Gasteiger partial charge in [-0.3, -0.25) is 0 Å². The number of benzene rings is 4. The molecule has 4 aromatic rings. The van der Waals surface area contributed by atoms with E-state index in [9.17, 15) is 0 Å². The lowest BCUT2D eigenvalue weighted by Gasteiger charge is -2.07. The second kappa shape index (κ2) is 8.74. The van der Waals surface area contributed by atoms with Crippen molar-refractivity contribution in [1.29, 1.82) is 0 Å². The third kappa shape index (κ3) is 4.89. The molecule has 0 heterocycles. The Bertz CT molecular complexity index is 932. The van der Waals surface area contributed by atoms with E-state index in [1.807, 2.05) is 36.4 Å². The summed E-state index contributed by atoms with van der Waals surface area (Å²) in [4.78, 5) is 0. The Morgan fingerprint density at radius 2 is 0.679 bits per heavy atom. The Balaban J connectivity index is 1.37. The van der Waals surface area contributed by atoms with Crippen molar-refractivity contribution in [2.45, 2.75) is 0 Å². The van der Waals surface area contributed by atoms with Crippen molar-refractivity contribution in [2.24, 2.45) is 0 Å². The second-order valence-corrected chi connectivity index (χ2v) is 6.56. The maximum absolute atomic E-state index is 3.40. The Morgan fingerprint density at radius 1 is 0.357 bits per heavy atom. The minimum atomic E-state index is 1.08. The number of hydrogen-bond donors (Lipinski definition) is 2. The lowest BCUT2D eigenvalue weighted by molar-refractivity contribution is 1.54. The molecule has 28 heavy (non-hydrogen) atoms. The second-order valence-electron chi connectivity index (χ2n) is 6.56. The fourth-order valence-electron chi connectivity index (χ4n) is 2.92. The van der Waals surface area contributed by atoms with Crippen molar-refractivity contribution < 1.29 is 0 Å². The van der Waals surface area contributed by atoms with E-state index in [0.717, 1.165) is 22.7 Å². The molecule has 0 aliphatic heterocycles. The highest BCUT2D eigenvalue weighted by Crippen LogP contribution is 2.19. The summed E-state index contributed by atoms with van der Waals surface area (Å²) in [7, 11) is 0. The molecule has 0 saturated carbocycles. The van der Waals surface area contributed by atoms with Gasteiger partial charge in [0.25, 0.3) is 0 Å². The summed E-state index contributed by atoms with van der Waals surface area (Å²) in [5.41, 5.74) is 6.69. The molecule has 0 saturated heterocycles. The van der Waals surface area contributed by atoms with Crippen LogP contribution in [-0.4, -0.2) is 0 Å². The van der Waals surface area contributed by atoms with Crippen LogP contribution in [0.2, 0.25) is 0 Å². The first-order valence-corrected chi connectivity index (χ1v) is 9.37. The molecular weight excluding hydrogens is 340 g/mol. The molecule has 0 amide bonds. The molecule has 0 fully saturated rings. The molecule has 0 unspecified atom stereocenters. The van der Waals surface area contributed by atoms with E-state index < -0.39 is 0 Å².